The molecular formula is C18H17F2NO3. The second kappa shape index (κ2) is 5.78. The highest BCUT2D eigenvalue weighted by Crippen LogP contribution is 2.44. The Balaban J connectivity index is 2.08. The van der Waals surface area contributed by atoms with Crippen LogP contribution in [0.5, 0.6) is 5.75 Å². The Labute approximate surface area is 138 Å². The number of amides is 1. The van der Waals surface area contributed by atoms with Gasteiger partial charge in [0.15, 0.2) is 0 Å². The van der Waals surface area contributed by atoms with E-state index in [4.69, 9.17) is 9.84 Å². The summed E-state index contributed by atoms with van der Waals surface area (Å²) in [5.74, 6) is -0.492. The summed E-state index contributed by atoms with van der Waals surface area (Å²) in [5.41, 5.74) is 0.738. The molecule has 0 radical (unpaired) electrons. The molecule has 24 heavy (non-hydrogen) atoms. The molecule has 1 aliphatic rings. The van der Waals surface area contributed by atoms with E-state index in [9.17, 15) is 13.6 Å². The monoisotopic (exact) mass is 333 g/mol. The smallest absolute Gasteiger partial charge is 0.405 e. The van der Waals surface area contributed by atoms with Crippen molar-refractivity contribution in [2.24, 2.45) is 5.41 Å². The molecule has 0 saturated carbocycles. The zero-order chi connectivity index (χ0) is 17.5. The average molecular weight is 333 g/mol. The summed E-state index contributed by atoms with van der Waals surface area (Å²) in [7, 11) is 0. The Morgan fingerprint density at radius 1 is 1.25 bits per heavy atom. The van der Waals surface area contributed by atoms with E-state index >= 15 is 0 Å². The first-order valence-electron chi connectivity index (χ1n) is 7.49. The van der Waals surface area contributed by atoms with Crippen molar-refractivity contribution < 1.29 is 23.4 Å². The predicted octanol–water partition coefficient (Wildman–Crippen LogP) is 4.36. The number of fused-ring (bicyclic) bond motifs is 1. The van der Waals surface area contributed by atoms with Gasteiger partial charge in [-0.15, -0.1) is 0 Å². The Morgan fingerprint density at radius 2 is 1.92 bits per heavy atom. The summed E-state index contributed by atoms with van der Waals surface area (Å²) >= 11 is 0. The summed E-state index contributed by atoms with van der Waals surface area (Å²) in [6.07, 6.45) is -1.18. The van der Waals surface area contributed by atoms with Crippen molar-refractivity contribution in [2.45, 2.75) is 19.9 Å². The van der Waals surface area contributed by atoms with E-state index in [1.54, 1.807) is 0 Å². The third-order valence-electron chi connectivity index (χ3n) is 4.21. The Morgan fingerprint density at radius 3 is 2.54 bits per heavy atom. The molecule has 6 heteroatoms. The molecule has 3 rings (SSSR count). The topological polar surface area (TPSA) is 58.6 Å². The van der Waals surface area contributed by atoms with Crippen molar-refractivity contribution in [1.82, 2.24) is 5.32 Å². The molecule has 0 saturated heterocycles. The first-order valence-corrected chi connectivity index (χ1v) is 7.49. The Kier molecular flexibility index (Phi) is 3.91. The highest BCUT2D eigenvalue weighted by Gasteiger charge is 2.39. The maximum atomic E-state index is 14.6. The number of nitrogens with one attached hydrogen (secondary N) is 1. The SMILES string of the molecule is CC1(C)COc2cc(-c3ccc(F)cc3)c(F)cc2C1NC(=O)O. The fourth-order valence-corrected chi connectivity index (χ4v) is 2.93. The molecule has 2 aromatic carbocycles. The van der Waals surface area contributed by atoms with Crippen LogP contribution in [-0.2, 0) is 0 Å². The van der Waals surface area contributed by atoms with Crippen LogP contribution in [0.15, 0.2) is 36.4 Å². The molecule has 0 spiro atoms. The van der Waals surface area contributed by atoms with Crippen LogP contribution in [0.3, 0.4) is 0 Å². The predicted molar refractivity (Wildman–Crippen MR) is 85.0 cm³/mol. The Hall–Kier alpha value is -2.63. The van der Waals surface area contributed by atoms with Gasteiger partial charge in [0.05, 0.1) is 12.6 Å². The van der Waals surface area contributed by atoms with Crippen LogP contribution in [0, 0.1) is 17.0 Å². The largest absolute Gasteiger partial charge is 0.493 e. The second-order valence-corrected chi connectivity index (χ2v) is 6.54. The van der Waals surface area contributed by atoms with Gasteiger partial charge in [0.25, 0.3) is 0 Å². The molecule has 1 unspecified atom stereocenters. The third kappa shape index (κ3) is 2.91. The minimum atomic E-state index is -1.18. The van der Waals surface area contributed by atoms with Gasteiger partial charge >= 0.3 is 6.09 Å². The summed E-state index contributed by atoms with van der Waals surface area (Å²) < 4.78 is 33.4. The van der Waals surface area contributed by atoms with E-state index in [1.165, 1.54) is 36.4 Å². The molecule has 0 aliphatic carbocycles. The average Bonchev–Trinajstić information content (AvgIpc) is 2.51. The van der Waals surface area contributed by atoms with E-state index in [2.05, 4.69) is 5.32 Å². The fraction of sp³-hybridized carbons (Fsp3) is 0.278. The highest BCUT2D eigenvalue weighted by atomic mass is 19.1. The minimum Gasteiger partial charge on any atom is -0.493 e. The summed E-state index contributed by atoms with van der Waals surface area (Å²) in [4.78, 5) is 11.1. The van der Waals surface area contributed by atoms with Crippen LogP contribution in [0.25, 0.3) is 11.1 Å². The summed E-state index contributed by atoms with van der Waals surface area (Å²) in [6, 6.07) is 7.72. The molecule has 2 aromatic rings. The molecule has 4 nitrogen and oxygen atoms in total. The second-order valence-electron chi connectivity index (χ2n) is 6.54. The molecular weight excluding hydrogens is 316 g/mol. The quantitative estimate of drug-likeness (QED) is 0.858. The lowest BCUT2D eigenvalue weighted by Crippen LogP contribution is -2.43. The molecule has 0 aromatic heterocycles. The minimum absolute atomic E-state index is 0.280. The van der Waals surface area contributed by atoms with E-state index in [1.807, 2.05) is 13.8 Å². The van der Waals surface area contributed by atoms with Gasteiger partial charge in [-0.3, -0.25) is 0 Å². The van der Waals surface area contributed by atoms with Crippen LogP contribution < -0.4 is 10.1 Å². The van der Waals surface area contributed by atoms with Crippen molar-refractivity contribution >= 4 is 6.09 Å². The zero-order valence-electron chi connectivity index (χ0n) is 13.3. The molecule has 0 fully saturated rings. The van der Waals surface area contributed by atoms with Crippen molar-refractivity contribution in [2.75, 3.05) is 6.61 Å². The van der Waals surface area contributed by atoms with Crippen LogP contribution in [0.2, 0.25) is 0 Å². The number of hydrogen-bond acceptors (Lipinski definition) is 2. The van der Waals surface area contributed by atoms with E-state index in [0.717, 1.165) is 0 Å². The molecule has 2 N–H and O–H groups in total. The van der Waals surface area contributed by atoms with Crippen LogP contribution in [0.4, 0.5) is 13.6 Å². The first kappa shape index (κ1) is 16.2. The third-order valence-corrected chi connectivity index (χ3v) is 4.21. The van der Waals surface area contributed by atoms with E-state index < -0.39 is 29.2 Å². The van der Waals surface area contributed by atoms with Crippen LogP contribution >= 0.6 is 0 Å². The van der Waals surface area contributed by atoms with Gasteiger partial charge in [-0.25, -0.2) is 13.6 Å². The van der Waals surface area contributed by atoms with Crippen molar-refractivity contribution in [1.29, 1.82) is 0 Å². The fourth-order valence-electron chi connectivity index (χ4n) is 2.93. The van der Waals surface area contributed by atoms with Gasteiger partial charge in [0.1, 0.15) is 17.4 Å². The Bertz CT molecular complexity index is 788. The number of benzene rings is 2. The van der Waals surface area contributed by atoms with Gasteiger partial charge in [-0.2, -0.15) is 0 Å². The molecule has 1 atom stereocenters. The molecule has 0 bridgehead atoms. The molecule has 1 amide bonds. The summed E-state index contributed by atoms with van der Waals surface area (Å²) in [5, 5.41) is 11.5. The van der Waals surface area contributed by atoms with Gasteiger partial charge < -0.3 is 15.2 Å². The van der Waals surface area contributed by atoms with Crippen molar-refractivity contribution in [3.05, 3.63) is 53.6 Å². The number of rotatable bonds is 2. The van der Waals surface area contributed by atoms with Crippen LogP contribution in [0.1, 0.15) is 25.5 Å². The lowest BCUT2D eigenvalue weighted by atomic mass is 9.78. The van der Waals surface area contributed by atoms with Crippen LogP contribution in [-0.4, -0.2) is 17.8 Å². The van der Waals surface area contributed by atoms with Gasteiger partial charge in [0, 0.05) is 16.5 Å². The lowest BCUT2D eigenvalue weighted by Gasteiger charge is -2.39. The van der Waals surface area contributed by atoms with Gasteiger partial charge in [0.2, 0.25) is 0 Å². The normalized spacial score (nSPS) is 18.4. The first-order chi connectivity index (χ1) is 11.3. The molecule has 1 aliphatic heterocycles. The van der Waals surface area contributed by atoms with Crippen molar-refractivity contribution in [3.8, 4) is 16.9 Å². The van der Waals surface area contributed by atoms with Crippen molar-refractivity contribution in [3.63, 3.8) is 0 Å². The number of ether oxygens (including phenoxy) is 1. The number of carboxylic acid groups (broad SMARTS) is 1. The summed E-state index contributed by atoms with van der Waals surface area (Å²) in [6.45, 7) is 3.99. The number of halogens is 2. The number of hydrogen-bond donors (Lipinski definition) is 2. The maximum Gasteiger partial charge on any atom is 0.405 e. The molecule has 1 heterocycles. The van der Waals surface area contributed by atoms with E-state index in [0.29, 0.717) is 23.5 Å². The standard InChI is InChI=1S/C18H17F2NO3/c1-18(2)9-24-15-8-12(10-3-5-11(19)6-4-10)14(20)7-13(15)16(18)21-17(22)23/h3-8,16,21H,9H2,1-2H3,(H,22,23). The highest BCUT2D eigenvalue weighted by molar-refractivity contribution is 5.69. The van der Waals surface area contributed by atoms with Gasteiger partial charge in [-0.1, -0.05) is 26.0 Å². The van der Waals surface area contributed by atoms with Gasteiger partial charge in [-0.05, 0) is 29.8 Å². The van der Waals surface area contributed by atoms with E-state index in [-0.39, 0.29) is 5.56 Å². The zero-order valence-corrected chi connectivity index (χ0v) is 13.3. The number of carbonyl (C=O) groups is 1. The lowest BCUT2D eigenvalue weighted by molar-refractivity contribution is 0.0992. The molecule has 126 valence electrons. The maximum absolute atomic E-state index is 14.6.